The summed E-state index contributed by atoms with van der Waals surface area (Å²) in [5.41, 5.74) is 2.32. The van der Waals surface area contributed by atoms with E-state index in [4.69, 9.17) is 34.8 Å². The summed E-state index contributed by atoms with van der Waals surface area (Å²) in [5.74, 6) is -0.523. The zero-order chi connectivity index (χ0) is 22.4. The molecule has 1 unspecified atom stereocenters. The van der Waals surface area contributed by atoms with Gasteiger partial charge >= 0.3 is 0 Å². The smallest absolute Gasteiger partial charge is 0.247 e. The minimum Gasteiger partial charge on any atom is -0.350 e. The Kier molecular flexibility index (Phi) is 7.97. The lowest BCUT2D eigenvalue weighted by molar-refractivity contribution is -0.140. The molecule has 1 N–H and O–H groups in total. The maximum atomic E-state index is 13.3. The molecule has 0 aliphatic carbocycles. The molecule has 0 radical (unpaired) electrons. The number of nitrogens with zero attached hydrogens (tertiary/aromatic N) is 1. The number of carbonyl (C=O) groups is 2. The summed E-state index contributed by atoms with van der Waals surface area (Å²) in [6.07, 6.45) is 0. The molecule has 0 fully saturated rings. The van der Waals surface area contributed by atoms with Crippen LogP contribution in [0, 0.1) is 0 Å². The summed E-state index contributed by atoms with van der Waals surface area (Å²) in [4.78, 5) is 27.4. The van der Waals surface area contributed by atoms with Crippen LogP contribution in [0.2, 0.25) is 15.1 Å². The lowest BCUT2D eigenvalue weighted by Gasteiger charge is -2.30. The van der Waals surface area contributed by atoms with Crippen LogP contribution in [0.15, 0.2) is 72.8 Å². The second-order valence-corrected chi connectivity index (χ2v) is 8.32. The SMILES string of the molecule is CC(=O)N(Cc1ccc(Cl)cc1)C(C(=O)NCc1ccc(Cl)cc1Cl)c1ccccc1. The molecule has 0 aromatic heterocycles. The van der Waals surface area contributed by atoms with Gasteiger partial charge in [0, 0.05) is 35.1 Å². The maximum absolute atomic E-state index is 13.3. The first-order chi connectivity index (χ1) is 14.8. The van der Waals surface area contributed by atoms with Crippen LogP contribution in [0.1, 0.15) is 29.7 Å². The summed E-state index contributed by atoms with van der Waals surface area (Å²) in [6.45, 7) is 1.93. The molecule has 0 aliphatic heterocycles. The molecule has 0 saturated heterocycles. The van der Waals surface area contributed by atoms with Crippen LogP contribution < -0.4 is 5.32 Å². The number of hydrogen-bond acceptors (Lipinski definition) is 2. The van der Waals surface area contributed by atoms with Gasteiger partial charge in [0.05, 0.1) is 0 Å². The van der Waals surface area contributed by atoms with Crippen LogP contribution in [-0.4, -0.2) is 16.7 Å². The van der Waals surface area contributed by atoms with E-state index in [-0.39, 0.29) is 24.9 Å². The van der Waals surface area contributed by atoms with E-state index in [1.54, 1.807) is 30.3 Å². The number of rotatable bonds is 7. The summed E-state index contributed by atoms with van der Waals surface area (Å²) in [5, 5.41) is 4.50. The van der Waals surface area contributed by atoms with E-state index in [1.807, 2.05) is 42.5 Å². The fourth-order valence-corrected chi connectivity index (χ4v) is 3.82. The molecule has 31 heavy (non-hydrogen) atoms. The lowest BCUT2D eigenvalue weighted by Crippen LogP contribution is -2.42. The molecule has 1 atom stereocenters. The van der Waals surface area contributed by atoms with Crippen molar-refractivity contribution in [2.24, 2.45) is 0 Å². The predicted octanol–water partition coefficient (Wildman–Crippen LogP) is 6.05. The van der Waals surface area contributed by atoms with E-state index < -0.39 is 6.04 Å². The van der Waals surface area contributed by atoms with Gasteiger partial charge in [0.25, 0.3) is 0 Å². The third-order valence-corrected chi connectivity index (χ3v) is 5.65. The number of amides is 2. The van der Waals surface area contributed by atoms with Crippen LogP contribution in [0.3, 0.4) is 0 Å². The van der Waals surface area contributed by atoms with Crippen LogP contribution in [0.4, 0.5) is 0 Å². The highest BCUT2D eigenvalue weighted by molar-refractivity contribution is 6.35. The van der Waals surface area contributed by atoms with Crippen molar-refractivity contribution in [1.82, 2.24) is 10.2 Å². The number of benzene rings is 3. The third kappa shape index (κ3) is 6.23. The Balaban J connectivity index is 1.87. The molecule has 2 amide bonds. The molecule has 0 saturated carbocycles. The van der Waals surface area contributed by atoms with E-state index in [0.29, 0.717) is 20.6 Å². The molecule has 0 bridgehead atoms. The first kappa shape index (κ1) is 23.1. The van der Waals surface area contributed by atoms with Gasteiger partial charge in [-0.05, 0) is 41.0 Å². The number of halogens is 3. The Morgan fingerprint density at radius 2 is 1.55 bits per heavy atom. The standard InChI is InChI=1S/C24H21Cl3N2O2/c1-16(30)29(15-17-7-10-20(25)11-8-17)23(18-5-3-2-4-6-18)24(31)28-14-19-9-12-21(26)13-22(19)27/h2-13,23H,14-15H2,1H3,(H,28,31). The fourth-order valence-electron chi connectivity index (χ4n) is 3.22. The Morgan fingerprint density at radius 3 is 2.16 bits per heavy atom. The molecule has 0 spiro atoms. The van der Waals surface area contributed by atoms with Crippen molar-refractivity contribution in [1.29, 1.82) is 0 Å². The van der Waals surface area contributed by atoms with E-state index in [9.17, 15) is 9.59 Å². The third-order valence-electron chi connectivity index (χ3n) is 4.81. The lowest BCUT2D eigenvalue weighted by atomic mass is 10.0. The van der Waals surface area contributed by atoms with Crippen LogP contribution in [0.5, 0.6) is 0 Å². The van der Waals surface area contributed by atoms with Gasteiger partial charge in [0.1, 0.15) is 6.04 Å². The van der Waals surface area contributed by atoms with Gasteiger partial charge in [0.15, 0.2) is 0 Å². The van der Waals surface area contributed by atoms with Gasteiger partial charge in [-0.1, -0.05) is 83.3 Å². The van der Waals surface area contributed by atoms with Gasteiger partial charge in [-0.2, -0.15) is 0 Å². The summed E-state index contributed by atoms with van der Waals surface area (Å²) in [7, 11) is 0. The van der Waals surface area contributed by atoms with Gasteiger partial charge in [0.2, 0.25) is 11.8 Å². The molecular weight excluding hydrogens is 455 g/mol. The van der Waals surface area contributed by atoms with E-state index in [1.165, 1.54) is 11.8 Å². The van der Waals surface area contributed by atoms with Crippen molar-refractivity contribution in [3.05, 3.63) is 105 Å². The van der Waals surface area contributed by atoms with Gasteiger partial charge in [-0.25, -0.2) is 0 Å². The van der Waals surface area contributed by atoms with Crippen molar-refractivity contribution in [3.8, 4) is 0 Å². The minimum atomic E-state index is -0.805. The topological polar surface area (TPSA) is 49.4 Å². The maximum Gasteiger partial charge on any atom is 0.247 e. The molecule has 4 nitrogen and oxygen atoms in total. The highest BCUT2D eigenvalue weighted by atomic mass is 35.5. The van der Waals surface area contributed by atoms with Crippen molar-refractivity contribution < 1.29 is 9.59 Å². The molecule has 7 heteroatoms. The van der Waals surface area contributed by atoms with Gasteiger partial charge in [-0.15, -0.1) is 0 Å². The van der Waals surface area contributed by atoms with Crippen molar-refractivity contribution in [2.45, 2.75) is 26.1 Å². The Morgan fingerprint density at radius 1 is 0.903 bits per heavy atom. The summed E-state index contributed by atoms with van der Waals surface area (Å²) >= 11 is 18.2. The summed E-state index contributed by atoms with van der Waals surface area (Å²) < 4.78 is 0. The zero-order valence-corrected chi connectivity index (χ0v) is 19.1. The molecule has 3 rings (SSSR count). The highest BCUT2D eigenvalue weighted by Gasteiger charge is 2.29. The van der Waals surface area contributed by atoms with Crippen LogP contribution in [-0.2, 0) is 22.7 Å². The zero-order valence-electron chi connectivity index (χ0n) is 16.8. The first-order valence-corrected chi connectivity index (χ1v) is 10.8. The largest absolute Gasteiger partial charge is 0.350 e. The minimum absolute atomic E-state index is 0.213. The van der Waals surface area contributed by atoms with Gasteiger partial charge < -0.3 is 10.2 Å². The second-order valence-electron chi connectivity index (χ2n) is 7.04. The van der Waals surface area contributed by atoms with Crippen molar-refractivity contribution in [3.63, 3.8) is 0 Å². The Hall–Kier alpha value is -2.53. The average molecular weight is 476 g/mol. The molecular formula is C24H21Cl3N2O2. The predicted molar refractivity (Wildman–Crippen MR) is 125 cm³/mol. The monoisotopic (exact) mass is 474 g/mol. The van der Waals surface area contributed by atoms with Crippen molar-refractivity contribution >= 4 is 46.6 Å². The second kappa shape index (κ2) is 10.7. The number of hydrogen-bond donors (Lipinski definition) is 1. The molecule has 3 aromatic rings. The van der Waals surface area contributed by atoms with E-state index in [0.717, 1.165) is 11.1 Å². The number of nitrogens with one attached hydrogen (secondary N) is 1. The van der Waals surface area contributed by atoms with E-state index in [2.05, 4.69) is 5.32 Å². The molecule has 0 heterocycles. The van der Waals surface area contributed by atoms with Crippen LogP contribution >= 0.6 is 34.8 Å². The fraction of sp³-hybridized carbons (Fsp3) is 0.167. The molecule has 160 valence electrons. The van der Waals surface area contributed by atoms with Crippen molar-refractivity contribution in [2.75, 3.05) is 0 Å². The Labute approximate surface area is 196 Å². The summed E-state index contributed by atoms with van der Waals surface area (Å²) in [6, 6.07) is 20.7. The highest BCUT2D eigenvalue weighted by Crippen LogP contribution is 2.25. The average Bonchev–Trinajstić information content (AvgIpc) is 2.74. The molecule has 3 aromatic carbocycles. The first-order valence-electron chi connectivity index (χ1n) is 9.63. The van der Waals surface area contributed by atoms with Gasteiger partial charge in [-0.3, -0.25) is 9.59 Å². The number of carbonyl (C=O) groups excluding carboxylic acids is 2. The normalized spacial score (nSPS) is 11.6. The quantitative estimate of drug-likeness (QED) is 0.452. The van der Waals surface area contributed by atoms with E-state index >= 15 is 0 Å². The molecule has 0 aliphatic rings. The Bertz CT molecular complexity index is 1060. The van der Waals surface area contributed by atoms with Crippen LogP contribution in [0.25, 0.3) is 0 Å².